The molecular formula is C35H36IN3OS3. The zero-order valence-electron chi connectivity index (χ0n) is 24.8. The minimum Gasteiger partial charge on any atom is -1.00 e. The number of rotatable bonds is 5. The molecular weight excluding hydrogens is 702 g/mol. The number of aromatic nitrogens is 2. The molecule has 3 aliphatic rings. The maximum absolute atomic E-state index is 13.7. The Kier molecular flexibility index (Phi) is 9.19. The monoisotopic (exact) mass is 737 g/mol. The van der Waals surface area contributed by atoms with E-state index >= 15 is 0 Å². The molecule has 2 aromatic heterocycles. The first-order valence-electron chi connectivity index (χ1n) is 15.1. The van der Waals surface area contributed by atoms with Crippen LogP contribution in [0.4, 0.5) is 5.69 Å². The van der Waals surface area contributed by atoms with Gasteiger partial charge in [0.25, 0.3) is 10.6 Å². The summed E-state index contributed by atoms with van der Waals surface area (Å²) in [5, 5.41) is 2.51. The molecule has 3 heterocycles. The number of thiazole rings is 2. The van der Waals surface area contributed by atoms with Crippen LogP contribution < -0.4 is 48.2 Å². The summed E-state index contributed by atoms with van der Waals surface area (Å²) in [6.45, 7) is 9.04. The maximum atomic E-state index is 13.7. The number of fused-ring (bicyclic) bond motifs is 3. The number of halogens is 1. The van der Waals surface area contributed by atoms with E-state index < -0.39 is 0 Å². The van der Waals surface area contributed by atoms with Gasteiger partial charge in [-0.15, -0.1) is 11.3 Å². The van der Waals surface area contributed by atoms with Gasteiger partial charge in [-0.25, -0.2) is 0 Å². The van der Waals surface area contributed by atoms with E-state index in [1.807, 2.05) is 16.3 Å². The molecule has 0 saturated carbocycles. The van der Waals surface area contributed by atoms with Gasteiger partial charge in [-0.2, -0.15) is 4.57 Å². The topological polar surface area (TPSA) is 29.1 Å². The third-order valence-electron chi connectivity index (χ3n) is 8.69. The summed E-state index contributed by atoms with van der Waals surface area (Å²) in [5.74, 6) is 0.591. The number of para-hydroxylation sites is 2. The maximum Gasteiger partial charge on any atom is 0.269 e. The van der Waals surface area contributed by atoms with Crippen LogP contribution in [-0.2, 0) is 13.1 Å². The van der Waals surface area contributed by atoms with Crippen LogP contribution >= 0.6 is 34.4 Å². The lowest BCUT2D eigenvalue weighted by Crippen LogP contribution is -3.00. The Morgan fingerprint density at radius 3 is 2.53 bits per heavy atom. The van der Waals surface area contributed by atoms with Crippen LogP contribution in [0.25, 0.3) is 21.9 Å². The van der Waals surface area contributed by atoms with E-state index in [2.05, 4.69) is 103 Å². The van der Waals surface area contributed by atoms with Gasteiger partial charge in [-0.1, -0.05) is 59.5 Å². The summed E-state index contributed by atoms with van der Waals surface area (Å²) in [5.41, 5.74) is 6.73. The lowest BCUT2D eigenvalue weighted by atomic mass is 9.77. The van der Waals surface area contributed by atoms with Gasteiger partial charge in [0.15, 0.2) is 0 Å². The quantitative estimate of drug-likeness (QED) is 0.230. The average molecular weight is 738 g/mol. The van der Waals surface area contributed by atoms with E-state index in [-0.39, 0.29) is 29.5 Å². The molecule has 0 amide bonds. The van der Waals surface area contributed by atoms with E-state index in [0.29, 0.717) is 12.5 Å². The number of anilines is 1. The van der Waals surface area contributed by atoms with Gasteiger partial charge in [0.2, 0.25) is 5.52 Å². The minimum absolute atomic E-state index is 0. The molecule has 1 aliphatic heterocycles. The Bertz CT molecular complexity index is 1980. The molecule has 0 spiro atoms. The first-order valence-corrected chi connectivity index (χ1v) is 17.6. The van der Waals surface area contributed by atoms with E-state index in [9.17, 15) is 4.79 Å². The van der Waals surface area contributed by atoms with Gasteiger partial charge in [-0.3, -0.25) is 9.36 Å². The molecule has 8 heteroatoms. The minimum atomic E-state index is 0. The smallest absolute Gasteiger partial charge is 0.269 e. The second kappa shape index (κ2) is 12.9. The summed E-state index contributed by atoms with van der Waals surface area (Å²) in [7, 11) is 0. The Morgan fingerprint density at radius 2 is 1.72 bits per heavy atom. The third-order valence-corrected chi connectivity index (χ3v) is 12.1. The molecule has 2 aromatic carbocycles. The van der Waals surface area contributed by atoms with Crippen LogP contribution in [0.1, 0.15) is 51.5 Å². The highest BCUT2D eigenvalue weighted by Gasteiger charge is 2.27. The van der Waals surface area contributed by atoms with Crippen LogP contribution in [0.15, 0.2) is 92.6 Å². The molecule has 222 valence electrons. The van der Waals surface area contributed by atoms with Crippen molar-refractivity contribution in [1.29, 1.82) is 0 Å². The molecule has 0 saturated heterocycles. The van der Waals surface area contributed by atoms with Crippen molar-refractivity contribution in [2.75, 3.05) is 11.4 Å². The third kappa shape index (κ3) is 5.64. The van der Waals surface area contributed by atoms with Crippen molar-refractivity contribution in [3.8, 4) is 0 Å². The summed E-state index contributed by atoms with van der Waals surface area (Å²) < 4.78 is 7.55. The van der Waals surface area contributed by atoms with Gasteiger partial charge in [0.05, 0.1) is 21.3 Å². The molecule has 7 rings (SSSR count). The van der Waals surface area contributed by atoms with Crippen molar-refractivity contribution in [1.82, 2.24) is 4.57 Å². The first kappa shape index (κ1) is 30.6. The number of thioether (sulfide) groups is 1. The SMILES string of the molecule is CCN1/C(=C/C2=CC3=C/C(=c4/s/c(=C\c5sc6ccccc6[n+]5CC)n(CC)c4=O)CCC3CC2)Sc2ccccc21.[I-]. The van der Waals surface area contributed by atoms with Crippen LogP contribution in [0.2, 0.25) is 0 Å². The molecule has 43 heavy (non-hydrogen) atoms. The van der Waals surface area contributed by atoms with Crippen molar-refractivity contribution in [3.63, 3.8) is 0 Å². The molecule has 0 N–H and O–H groups in total. The number of aryl methyl sites for hydroxylation is 1. The number of allylic oxidation sites excluding steroid dienone is 5. The zero-order chi connectivity index (χ0) is 28.8. The second-order valence-corrected chi connectivity index (χ2v) is 14.2. The van der Waals surface area contributed by atoms with Crippen LogP contribution in [0, 0.1) is 5.92 Å². The summed E-state index contributed by atoms with van der Waals surface area (Å²) >= 11 is 5.35. The number of hydrogen-bond acceptors (Lipinski definition) is 5. The van der Waals surface area contributed by atoms with E-state index in [1.54, 1.807) is 22.7 Å². The Hall–Kier alpha value is -2.40. The first-order chi connectivity index (χ1) is 20.6. The summed E-state index contributed by atoms with van der Waals surface area (Å²) in [6.07, 6.45) is 13.8. The summed E-state index contributed by atoms with van der Waals surface area (Å²) in [6, 6.07) is 17.3. The van der Waals surface area contributed by atoms with Crippen molar-refractivity contribution in [2.45, 2.75) is 64.4 Å². The Labute approximate surface area is 282 Å². The second-order valence-electron chi connectivity index (χ2n) is 11.1. The molecule has 4 nitrogen and oxygen atoms in total. The standard InChI is InChI=1S/C35H36N3OS3.HI/c1-4-36-27-11-7-9-13-29(27)40-31(36)20-23-15-16-24-17-18-25(21-26(24)19-23)34-35(39)38(6-3)33(42-34)22-32-37(5-2)28-12-8-10-14-30(28)41-32;/h7-14,19-22,24H,4-6,15-18H2,1-3H3;1H/q+1;/p-1/b31-20-,34-25+;. The fourth-order valence-corrected chi connectivity index (χ4v) is 10.2. The molecule has 2 aliphatic carbocycles. The predicted octanol–water partition coefficient (Wildman–Crippen LogP) is 3.97. The highest BCUT2D eigenvalue weighted by atomic mass is 127. The molecule has 0 radical (unpaired) electrons. The van der Waals surface area contributed by atoms with E-state index in [0.717, 1.165) is 41.5 Å². The van der Waals surface area contributed by atoms with Gasteiger partial charge >= 0.3 is 0 Å². The number of benzene rings is 2. The number of hydrogen-bond donors (Lipinski definition) is 0. The van der Waals surface area contributed by atoms with Crippen LogP contribution in [0.5, 0.6) is 0 Å². The summed E-state index contributed by atoms with van der Waals surface area (Å²) in [4.78, 5) is 17.5. The zero-order valence-corrected chi connectivity index (χ0v) is 29.4. The van der Waals surface area contributed by atoms with Crippen LogP contribution in [-0.4, -0.2) is 11.1 Å². The Balaban J connectivity index is 0.00000329. The van der Waals surface area contributed by atoms with Crippen molar-refractivity contribution in [2.24, 2.45) is 5.92 Å². The lowest BCUT2D eigenvalue weighted by molar-refractivity contribution is -0.665. The molecule has 1 atom stereocenters. The number of nitrogens with zero attached hydrogens (tertiary/aromatic N) is 3. The fourth-order valence-electron chi connectivity index (χ4n) is 6.55. The molecule has 0 bridgehead atoms. The Morgan fingerprint density at radius 1 is 0.930 bits per heavy atom. The van der Waals surface area contributed by atoms with E-state index in [4.69, 9.17) is 0 Å². The lowest BCUT2D eigenvalue weighted by Gasteiger charge is -2.28. The van der Waals surface area contributed by atoms with Crippen molar-refractivity contribution < 1.29 is 28.5 Å². The van der Waals surface area contributed by atoms with Gasteiger partial charge < -0.3 is 28.9 Å². The largest absolute Gasteiger partial charge is 1.00 e. The highest BCUT2D eigenvalue weighted by Crippen LogP contribution is 2.47. The van der Waals surface area contributed by atoms with Crippen molar-refractivity contribution >= 4 is 62.0 Å². The average Bonchev–Trinajstić information content (AvgIpc) is 3.66. The normalized spacial score (nSPS) is 20.6. The van der Waals surface area contributed by atoms with E-state index in [1.165, 1.54) is 54.0 Å². The molecule has 0 fully saturated rings. The fraction of sp³-hybridized carbons (Fsp3) is 0.314. The van der Waals surface area contributed by atoms with Gasteiger partial charge in [-0.05, 0) is 93.4 Å². The van der Waals surface area contributed by atoms with Crippen LogP contribution in [0.3, 0.4) is 0 Å². The molecule has 1 unspecified atom stereocenters. The molecule has 4 aromatic rings. The highest BCUT2D eigenvalue weighted by molar-refractivity contribution is 8.03. The van der Waals surface area contributed by atoms with Crippen molar-refractivity contribution in [3.05, 3.63) is 107 Å². The van der Waals surface area contributed by atoms with Gasteiger partial charge in [0.1, 0.15) is 15.9 Å². The van der Waals surface area contributed by atoms with Gasteiger partial charge in [0, 0.05) is 24.1 Å². The predicted molar refractivity (Wildman–Crippen MR) is 180 cm³/mol.